The Balaban J connectivity index is 3.81. The van der Waals surface area contributed by atoms with Gasteiger partial charge in [0, 0.05) is 0 Å². The van der Waals surface area contributed by atoms with Crippen molar-refractivity contribution in [3.8, 4) is 0 Å². The first kappa shape index (κ1) is 40.3. The number of hydrogen-bond donors (Lipinski definition) is 0. The Morgan fingerprint density at radius 1 is 0.381 bits per heavy atom. The third kappa shape index (κ3) is 25.9. The lowest BCUT2D eigenvalue weighted by atomic mass is 10.0. The van der Waals surface area contributed by atoms with Crippen molar-refractivity contribution in [3.05, 3.63) is 0 Å². The molecule has 0 aromatic rings. The molecule has 2 atom stereocenters. The van der Waals surface area contributed by atoms with Crippen LogP contribution in [0.2, 0.25) is 0 Å². The van der Waals surface area contributed by atoms with Gasteiger partial charge in [-0.25, -0.2) is 0 Å². The lowest BCUT2D eigenvalue weighted by molar-refractivity contribution is -0.167. The van der Waals surface area contributed by atoms with Gasteiger partial charge < -0.3 is 9.47 Å². The summed E-state index contributed by atoms with van der Waals surface area (Å²) in [6, 6.07) is 0. The van der Waals surface area contributed by atoms with Crippen LogP contribution in [0.3, 0.4) is 0 Å². The second kappa shape index (κ2) is 26.9. The zero-order chi connectivity index (χ0) is 31.6. The fourth-order valence-corrected chi connectivity index (χ4v) is 5.10. The summed E-state index contributed by atoms with van der Waals surface area (Å²) in [5, 5.41) is 0. The molecule has 0 heterocycles. The van der Waals surface area contributed by atoms with Crippen molar-refractivity contribution in [3.63, 3.8) is 0 Å². The first-order valence-corrected chi connectivity index (χ1v) is 17.5. The maximum absolute atomic E-state index is 12.2. The third-order valence-corrected chi connectivity index (χ3v) is 8.10. The lowest BCUT2D eigenvalue weighted by Gasteiger charge is -2.11. The number of unbranched alkanes of at least 4 members (excludes halogenated alkanes) is 14. The number of esters is 4. The predicted molar refractivity (Wildman–Crippen MR) is 172 cm³/mol. The van der Waals surface area contributed by atoms with Crippen LogP contribution in [-0.4, -0.2) is 23.9 Å². The van der Waals surface area contributed by atoms with Gasteiger partial charge in [-0.05, 0) is 24.7 Å². The molecule has 0 spiro atoms. The second-order valence-corrected chi connectivity index (χ2v) is 13.5. The van der Waals surface area contributed by atoms with Crippen LogP contribution in [0.25, 0.3) is 0 Å². The molecular weight excluding hydrogens is 528 g/mol. The Morgan fingerprint density at radius 3 is 0.881 bits per heavy atom. The molecule has 0 aliphatic rings. The summed E-state index contributed by atoms with van der Waals surface area (Å²) in [7, 11) is 0. The molecular formula is C36H66O6. The van der Waals surface area contributed by atoms with Gasteiger partial charge in [-0.2, -0.15) is 0 Å². The smallest absolute Gasteiger partial charge is 0.316 e. The van der Waals surface area contributed by atoms with Crippen LogP contribution in [0.5, 0.6) is 0 Å². The van der Waals surface area contributed by atoms with Crippen molar-refractivity contribution in [2.24, 2.45) is 23.7 Å². The van der Waals surface area contributed by atoms with Crippen molar-refractivity contribution >= 4 is 23.9 Å². The van der Waals surface area contributed by atoms with Crippen molar-refractivity contribution in [1.29, 1.82) is 0 Å². The van der Waals surface area contributed by atoms with E-state index in [0.29, 0.717) is 12.8 Å². The topological polar surface area (TPSA) is 86.7 Å². The third-order valence-electron chi connectivity index (χ3n) is 8.10. The van der Waals surface area contributed by atoms with E-state index in [1.165, 1.54) is 89.9 Å². The average molecular weight is 595 g/mol. The molecule has 2 unspecified atom stereocenters. The Bertz CT molecular complexity index is 654. The van der Waals surface area contributed by atoms with Crippen molar-refractivity contribution in [1.82, 2.24) is 0 Å². The minimum atomic E-state index is -0.748. The largest absolute Gasteiger partial charge is 0.393 e. The Kier molecular flexibility index (Phi) is 25.8. The molecule has 0 rings (SSSR count). The molecule has 0 bridgehead atoms. The first-order valence-electron chi connectivity index (χ1n) is 17.5. The molecule has 0 aromatic carbocycles. The number of ether oxygens (including phenoxy) is 2. The molecule has 0 amide bonds. The van der Waals surface area contributed by atoms with Crippen molar-refractivity contribution < 1.29 is 28.7 Å². The SMILES string of the molecule is CC(C)CCCCCCCCCCC(C)C(=O)OC(=O)CCC(=O)OC(=O)C(C)CCCCCCCCCCC(C)C. The Hall–Kier alpha value is -1.72. The van der Waals surface area contributed by atoms with Gasteiger partial charge >= 0.3 is 23.9 Å². The van der Waals surface area contributed by atoms with Gasteiger partial charge in [-0.3, -0.25) is 19.2 Å². The minimum absolute atomic E-state index is 0.270. The van der Waals surface area contributed by atoms with E-state index in [1.54, 1.807) is 13.8 Å². The van der Waals surface area contributed by atoms with E-state index in [0.717, 1.165) is 37.5 Å². The monoisotopic (exact) mass is 594 g/mol. The van der Waals surface area contributed by atoms with Crippen molar-refractivity contribution in [2.75, 3.05) is 0 Å². The van der Waals surface area contributed by atoms with Gasteiger partial charge in [0.25, 0.3) is 0 Å². The molecule has 6 nitrogen and oxygen atoms in total. The van der Waals surface area contributed by atoms with Gasteiger partial charge in [0.15, 0.2) is 0 Å². The highest BCUT2D eigenvalue weighted by atomic mass is 16.6. The highest BCUT2D eigenvalue weighted by Gasteiger charge is 2.21. The molecule has 0 saturated heterocycles. The zero-order valence-electron chi connectivity index (χ0n) is 28.3. The van der Waals surface area contributed by atoms with Gasteiger partial charge in [0.2, 0.25) is 0 Å². The molecule has 246 valence electrons. The van der Waals surface area contributed by atoms with E-state index in [2.05, 4.69) is 27.7 Å². The standard InChI is InChI=1S/C36H66O6/c1-29(2)23-19-15-11-7-9-13-17-21-25-31(5)35(39)41-33(37)27-28-34(38)42-36(40)32(6)26-22-18-14-10-8-12-16-20-24-30(3)4/h29-32H,7-28H2,1-6H3. The number of rotatable bonds is 27. The molecule has 42 heavy (non-hydrogen) atoms. The number of carbonyl (C=O) groups excluding carboxylic acids is 4. The molecule has 0 aromatic heterocycles. The Morgan fingerprint density at radius 2 is 0.619 bits per heavy atom. The van der Waals surface area contributed by atoms with Gasteiger partial charge in [-0.1, -0.05) is 157 Å². The summed E-state index contributed by atoms with van der Waals surface area (Å²) < 4.78 is 9.83. The first-order chi connectivity index (χ1) is 20.0. The molecule has 0 saturated carbocycles. The molecule has 0 N–H and O–H groups in total. The maximum Gasteiger partial charge on any atom is 0.316 e. The van der Waals surface area contributed by atoms with Crippen LogP contribution in [0.4, 0.5) is 0 Å². The molecule has 0 aliphatic carbocycles. The van der Waals surface area contributed by atoms with Crippen LogP contribution in [0.15, 0.2) is 0 Å². The van der Waals surface area contributed by atoms with Crippen LogP contribution >= 0.6 is 0 Å². The molecule has 0 fully saturated rings. The lowest BCUT2D eigenvalue weighted by Crippen LogP contribution is -2.22. The van der Waals surface area contributed by atoms with Gasteiger partial charge in [-0.15, -0.1) is 0 Å². The van der Waals surface area contributed by atoms with Crippen LogP contribution in [0.1, 0.15) is 183 Å². The number of hydrogen-bond acceptors (Lipinski definition) is 6. The van der Waals surface area contributed by atoms with E-state index >= 15 is 0 Å². The van der Waals surface area contributed by atoms with E-state index in [4.69, 9.17) is 9.47 Å². The van der Waals surface area contributed by atoms with E-state index in [-0.39, 0.29) is 24.7 Å². The van der Waals surface area contributed by atoms with Crippen LogP contribution in [0, 0.1) is 23.7 Å². The summed E-state index contributed by atoms with van der Waals surface area (Å²) in [5.41, 5.74) is 0. The predicted octanol–water partition coefficient (Wildman–Crippen LogP) is 10.3. The summed E-state index contributed by atoms with van der Waals surface area (Å²) in [5.74, 6) is -1.71. The fourth-order valence-electron chi connectivity index (χ4n) is 5.10. The normalized spacial score (nSPS) is 12.9. The van der Waals surface area contributed by atoms with Gasteiger partial charge in [0.05, 0.1) is 24.7 Å². The van der Waals surface area contributed by atoms with Crippen LogP contribution in [-0.2, 0) is 28.7 Å². The number of carbonyl (C=O) groups is 4. The van der Waals surface area contributed by atoms with E-state index < -0.39 is 23.9 Å². The maximum atomic E-state index is 12.2. The summed E-state index contributed by atoms with van der Waals surface area (Å²) in [6.45, 7) is 12.6. The van der Waals surface area contributed by atoms with E-state index in [9.17, 15) is 19.2 Å². The minimum Gasteiger partial charge on any atom is -0.393 e. The Labute approximate surface area is 258 Å². The van der Waals surface area contributed by atoms with Crippen molar-refractivity contribution in [2.45, 2.75) is 183 Å². The fraction of sp³-hybridized carbons (Fsp3) is 0.889. The highest BCUT2D eigenvalue weighted by molar-refractivity contribution is 5.90. The molecule has 0 radical (unpaired) electrons. The van der Waals surface area contributed by atoms with E-state index in [1.807, 2.05) is 0 Å². The quantitative estimate of drug-likeness (QED) is 0.0534. The second-order valence-electron chi connectivity index (χ2n) is 13.5. The van der Waals surface area contributed by atoms with Gasteiger partial charge in [0.1, 0.15) is 0 Å². The average Bonchev–Trinajstić information content (AvgIpc) is 2.93. The highest BCUT2D eigenvalue weighted by Crippen LogP contribution is 2.17. The molecule has 6 heteroatoms. The summed E-state index contributed by atoms with van der Waals surface area (Å²) in [4.78, 5) is 48.5. The summed E-state index contributed by atoms with van der Waals surface area (Å²) >= 11 is 0. The summed E-state index contributed by atoms with van der Waals surface area (Å²) in [6.07, 6.45) is 22.7. The molecule has 0 aliphatic heterocycles. The van der Waals surface area contributed by atoms with Crippen LogP contribution < -0.4 is 0 Å². The zero-order valence-corrected chi connectivity index (χ0v) is 28.3.